The van der Waals surface area contributed by atoms with Crippen molar-refractivity contribution in [2.45, 2.75) is 13.0 Å². The maximum absolute atomic E-state index is 11.8. The fraction of sp³-hybridized carbons (Fsp3) is 0.273. The van der Waals surface area contributed by atoms with Gasteiger partial charge in [0.05, 0.1) is 11.6 Å². The number of allylic oxidation sites excluding steroid dienone is 1. The van der Waals surface area contributed by atoms with Crippen molar-refractivity contribution < 1.29 is 9.59 Å². The molecule has 5 nitrogen and oxygen atoms in total. The Morgan fingerprint density at radius 3 is 2.88 bits per heavy atom. The van der Waals surface area contributed by atoms with Crippen molar-refractivity contribution in [3.05, 3.63) is 33.7 Å². The minimum absolute atomic E-state index is 0.187. The molecule has 2 heterocycles. The molecule has 1 aliphatic rings. The van der Waals surface area contributed by atoms with Crippen LogP contribution in [0, 0.1) is 0 Å². The lowest BCUT2D eigenvalue weighted by atomic mass is 10.0. The van der Waals surface area contributed by atoms with E-state index in [9.17, 15) is 9.59 Å². The fourth-order valence-corrected chi connectivity index (χ4v) is 2.58. The van der Waals surface area contributed by atoms with Gasteiger partial charge in [0.25, 0.3) is 5.91 Å². The second kappa shape index (κ2) is 4.58. The Labute approximate surface area is 103 Å². The Hall–Kier alpha value is -1.82. The van der Waals surface area contributed by atoms with Gasteiger partial charge in [-0.15, -0.1) is 11.3 Å². The van der Waals surface area contributed by atoms with Gasteiger partial charge in [-0.1, -0.05) is 6.07 Å². The Kier molecular flexibility index (Phi) is 3.14. The van der Waals surface area contributed by atoms with Gasteiger partial charge < -0.3 is 16.0 Å². The number of likely N-dealkylation sites (N-methyl/N-ethyl adjacent to an activating group) is 1. The molecule has 0 saturated heterocycles. The Morgan fingerprint density at radius 1 is 1.53 bits per heavy atom. The van der Waals surface area contributed by atoms with Crippen LogP contribution in [0.3, 0.4) is 0 Å². The largest absolute Gasteiger partial charge is 0.355 e. The molecule has 0 aliphatic carbocycles. The van der Waals surface area contributed by atoms with E-state index in [1.165, 1.54) is 11.3 Å². The lowest BCUT2D eigenvalue weighted by Gasteiger charge is -2.27. The first-order valence-electron chi connectivity index (χ1n) is 5.17. The third-order valence-corrected chi connectivity index (χ3v) is 3.51. The van der Waals surface area contributed by atoms with E-state index in [4.69, 9.17) is 0 Å². The molecule has 1 aromatic heterocycles. The molecule has 1 aromatic rings. The molecule has 90 valence electrons. The van der Waals surface area contributed by atoms with E-state index >= 15 is 0 Å². The monoisotopic (exact) mass is 251 g/mol. The molecule has 0 saturated carbocycles. The van der Waals surface area contributed by atoms with Crippen molar-refractivity contribution >= 4 is 23.3 Å². The lowest BCUT2D eigenvalue weighted by molar-refractivity contribution is -0.117. The van der Waals surface area contributed by atoms with Gasteiger partial charge in [0.2, 0.25) is 0 Å². The summed E-state index contributed by atoms with van der Waals surface area (Å²) < 4.78 is 0. The van der Waals surface area contributed by atoms with E-state index in [0.29, 0.717) is 11.3 Å². The maximum atomic E-state index is 11.8. The van der Waals surface area contributed by atoms with Crippen LogP contribution in [0.25, 0.3) is 0 Å². The predicted octanol–water partition coefficient (Wildman–Crippen LogP) is 1.12. The van der Waals surface area contributed by atoms with E-state index < -0.39 is 0 Å². The molecule has 17 heavy (non-hydrogen) atoms. The smallest absolute Gasteiger partial charge is 0.319 e. The summed E-state index contributed by atoms with van der Waals surface area (Å²) in [5, 5.41) is 9.87. The third kappa shape index (κ3) is 2.16. The van der Waals surface area contributed by atoms with Gasteiger partial charge in [-0.2, -0.15) is 0 Å². The molecule has 0 spiro atoms. The molecule has 1 atom stereocenters. The number of amides is 3. The number of carbonyl (C=O) groups excluding carboxylic acids is 2. The van der Waals surface area contributed by atoms with Crippen LogP contribution in [0.4, 0.5) is 4.79 Å². The highest BCUT2D eigenvalue weighted by atomic mass is 32.1. The van der Waals surface area contributed by atoms with Crippen LogP contribution < -0.4 is 16.0 Å². The van der Waals surface area contributed by atoms with Crippen LogP contribution in [0.15, 0.2) is 28.8 Å². The zero-order chi connectivity index (χ0) is 12.4. The van der Waals surface area contributed by atoms with Crippen LogP contribution >= 0.6 is 11.3 Å². The highest BCUT2D eigenvalue weighted by molar-refractivity contribution is 7.10. The van der Waals surface area contributed by atoms with E-state index in [1.807, 2.05) is 17.5 Å². The van der Waals surface area contributed by atoms with Crippen LogP contribution in [-0.2, 0) is 4.79 Å². The summed E-state index contributed by atoms with van der Waals surface area (Å²) in [5.41, 5.74) is 1.14. The van der Waals surface area contributed by atoms with Gasteiger partial charge in [-0.05, 0) is 18.4 Å². The highest BCUT2D eigenvalue weighted by Gasteiger charge is 2.30. The van der Waals surface area contributed by atoms with E-state index in [2.05, 4.69) is 16.0 Å². The quantitative estimate of drug-likeness (QED) is 0.737. The second-order valence-electron chi connectivity index (χ2n) is 3.66. The number of nitrogens with one attached hydrogen (secondary N) is 3. The van der Waals surface area contributed by atoms with Crippen molar-refractivity contribution in [1.82, 2.24) is 16.0 Å². The fourth-order valence-electron chi connectivity index (χ4n) is 1.80. The number of carbonyl (C=O) groups is 2. The topological polar surface area (TPSA) is 70.2 Å². The van der Waals surface area contributed by atoms with E-state index in [1.54, 1.807) is 14.0 Å². The van der Waals surface area contributed by atoms with Gasteiger partial charge in [0, 0.05) is 17.6 Å². The zero-order valence-corrected chi connectivity index (χ0v) is 10.4. The molecule has 0 bridgehead atoms. The number of hydrogen-bond acceptors (Lipinski definition) is 3. The molecule has 0 radical (unpaired) electrons. The van der Waals surface area contributed by atoms with Gasteiger partial charge in [0.15, 0.2) is 0 Å². The van der Waals surface area contributed by atoms with Gasteiger partial charge in [-0.25, -0.2) is 4.79 Å². The van der Waals surface area contributed by atoms with Crippen LogP contribution in [0.5, 0.6) is 0 Å². The van der Waals surface area contributed by atoms with Crippen molar-refractivity contribution in [2.24, 2.45) is 0 Å². The summed E-state index contributed by atoms with van der Waals surface area (Å²) >= 11 is 1.51. The van der Waals surface area contributed by atoms with Crippen LogP contribution in [-0.4, -0.2) is 19.0 Å². The standard InChI is InChI=1S/C11H13N3O2S/c1-6-8(10(15)12-2)9(14-11(16)13-6)7-4-3-5-17-7/h3-5,9H,1-2H3,(H,12,15)(H2,13,14,16). The molecular weight excluding hydrogens is 238 g/mol. The first-order valence-corrected chi connectivity index (χ1v) is 6.05. The van der Waals surface area contributed by atoms with E-state index in [-0.39, 0.29) is 18.0 Å². The first-order chi connectivity index (χ1) is 8.13. The molecule has 3 N–H and O–H groups in total. The minimum atomic E-state index is -0.372. The van der Waals surface area contributed by atoms with E-state index in [0.717, 1.165) is 4.88 Å². The van der Waals surface area contributed by atoms with Gasteiger partial charge >= 0.3 is 6.03 Å². The number of hydrogen-bond donors (Lipinski definition) is 3. The lowest BCUT2D eigenvalue weighted by Crippen LogP contribution is -2.46. The summed E-state index contributed by atoms with van der Waals surface area (Å²) in [7, 11) is 1.57. The number of urea groups is 1. The molecular formula is C11H13N3O2S. The number of rotatable bonds is 2. The summed E-state index contributed by atoms with van der Waals surface area (Å²) in [6, 6.07) is 3.14. The van der Waals surface area contributed by atoms with Crippen molar-refractivity contribution in [1.29, 1.82) is 0 Å². The maximum Gasteiger partial charge on any atom is 0.319 e. The summed E-state index contributed by atoms with van der Waals surface area (Å²) in [6.07, 6.45) is 0. The second-order valence-corrected chi connectivity index (χ2v) is 4.64. The average molecular weight is 251 g/mol. The minimum Gasteiger partial charge on any atom is -0.355 e. The molecule has 6 heteroatoms. The molecule has 1 aliphatic heterocycles. The highest BCUT2D eigenvalue weighted by Crippen LogP contribution is 2.29. The third-order valence-electron chi connectivity index (χ3n) is 2.57. The predicted molar refractivity (Wildman–Crippen MR) is 65.5 cm³/mol. The van der Waals surface area contributed by atoms with Crippen LogP contribution in [0.1, 0.15) is 17.8 Å². The van der Waals surface area contributed by atoms with Crippen molar-refractivity contribution in [3.8, 4) is 0 Å². The zero-order valence-electron chi connectivity index (χ0n) is 9.53. The molecule has 0 fully saturated rings. The SMILES string of the molecule is CNC(=O)C1=C(C)NC(=O)NC1c1cccs1. The molecule has 3 amide bonds. The molecule has 2 rings (SSSR count). The van der Waals surface area contributed by atoms with Crippen molar-refractivity contribution in [3.63, 3.8) is 0 Å². The molecule has 0 aromatic carbocycles. The Bertz CT molecular complexity index is 479. The van der Waals surface area contributed by atoms with Gasteiger partial charge in [0.1, 0.15) is 0 Å². The summed E-state index contributed by atoms with van der Waals surface area (Å²) in [4.78, 5) is 24.2. The average Bonchev–Trinajstić information content (AvgIpc) is 2.80. The summed E-state index contributed by atoms with van der Waals surface area (Å²) in [5.74, 6) is -0.187. The first kappa shape index (κ1) is 11.7. The van der Waals surface area contributed by atoms with Crippen molar-refractivity contribution in [2.75, 3.05) is 7.05 Å². The van der Waals surface area contributed by atoms with Gasteiger partial charge in [-0.3, -0.25) is 4.79 Å². The molecule has 1 unspecified atom stereocenters. The van der Waals surface area contributed by atoms with Crippen LogP contribution in [0.2, 0.25) is 0 Å². The Morgan fingerprint density at radius 2 is 2.29 bits per heavy atom. The normalized spacial score (nSPS) is 19.6. The summed E-state index contributed by atoms with van der Waals surface area (Å²) in [6.45, 7) is 1.73. The number of thiophene rings is 1. The Balaban J connectivity index is 2.44.